The lowest BCUT2D eigenvalue weighted by atomic mass is 9.96. The topological polar surface area (TPSA) is 47.4 Å². The van der Waals surface area contributed by atoms with Crippen LogP contribution in [0.3, 0.4) is 0 Å². The molecule has 1 saturated heterocycles. The van der Waals surface area contributed by atoms with E-state index in [0.29, 0.717) is 17.4 Å². The average Bonchev–Trinajstić information content (AvgIpc) is 2.55. The Labute approximate surface area is 133 Å². The van der Waals surface area contributed by atoms with Crippen molar-refractivity contribution in [3.63, 3.8) is 0 Å². The number of rotatable bonds is 3. The number of hydrogen-bond donors (Lipinski definition) is 0. The van der Waals surface area contributed by atoms with Gasteiger partial charge in [0.25, 0.3) is 0 Å². The summed E-state index contributed by atoms with van der Waals surface area (Å²) in [5.74, 6) is 1.42. The van der Waals surface area contributed by atoms with Gasteiger partial charge in [-0.15, -0.1) is 0 Å². The predicted octanol–water partition coefficient (Wildman–Crippen LogP) is 2.19. The number of nitrogens with zero attached hydrogens (tertiary/aromatic N) is 3. The Morgan fingerprint density at radius 1 is 1.30 bits per heavy atom. The summed E-state index contributed by atoms with van der Waals surface area (Å²) in [7, 11) is 0. The lowest BCUT2D eigenvalue weighted by molar-refractivity contribution is 0.283. The Morgan fingerprint density at radius 2 is 2.22 bits per heavy atom. The highest BCUT2D eigenvalue weighted by molar-refractivity contribution is 5.44. The van der Waals surface area contributed by atoms with E-state index in [-0.39, 0.29) is 18.1 Å². The standard InChI is InChI=1S/C17H18FN3O2/c18-14-5-1-3-12(7-14)11-23-15-8-16-20-6-2-4-13(9-20)10-21(16)17(22)19-15/h1,3,5,7-8,13H,2,4,6,9-11H2. The van der Waals surface area contributed by atoms with Crippen LogP contribution in [0.2, 0.25) is 0 Å². The molecule has 0 amide bonds. The van der Waals surface area contributed by atoms with Crippen LogP contribution in [0.1, 0.15) is 18.4 Å². The third-order valence-corrected chi connectivity index (χ3v) is 4.53. The van der Waals surface area contributed by atoms with Crippen molar-refractivity contribution >= 4 is 5.82 Å². The lowest BCUT2D eigenvalue weighted by Gasteiger charge is -2.40. The van der Waals surface area contributed by atoms with Crippen LogP contribution in [-0.4, -0.2) is 22.6 Å². The van der Waals surface area contributed by atoms with E-state index in [1.54, 1.807) is 16.7 Å². The van der Waals surface area contributed by atoms with Gasteiger partial charge in [0.1, 0.15) is 18.2 Å². The molecule has 1 aromatic heterocycles. The van der Waals surface area contributed by atoms with Crippen LogP contribution in [0.4, 0.5) is 10.2 Å². The summed E-state index contributed by atoms with van der Waals surface area (Å²) < 4.78 is 20.5. The second-order valence-corrected chi connectivity index (χ2v) is 6.22. The van der Waals surface area contributed by atoms with E-state index in [9.17, 15) is 9.18 Å². The third-order valence-electron chi connectivity index (χ3n) is 4.53. The second-order valence-electron chi connectivity index (χ2n) is 6.22. The van der Waals surface area contributed by atoms with Crippen molar-refractivity contribution in [3.8, 4) is 5.88 Å². The highest BCUT2D eigenvalue weighted by atomic mass is 19.1. The molecule has 2 aliphatic heterocycles. The number of anilines is 1. The monoisotopic (exact) mass is 315 g/mol. The van der Waals surface area contributed by atoms with Crippen LogP contribution in [0.25, 0.3) is 0 Å². The maximum Gasteiger partial charge on any atom is 0.352 e. The number of piperidine rings is 1. The van der Waals surface area contributed by atoms with Crippen molar-refractivity contribution in [2.24, 2.45) is 5.92 Å². The fourth-order valence-corrected chi connectivity index (χ4v) is 3.45. The summed E-state index contributed by atoms with van der Waals surface area (Å²) in [6, 6.07) is 8.04. The van der Waals surface area contributed by atoms with Gasteiger partial charge in [-0.3, -0.25) is 4.57 Å². The summed E-state index contributed by atoms with van der Waals surface area (Å²) in [5.41, 5.74) is 0.441. The minimum absolute atomic E-state index is 0.191. The zero-order valence-corrected chi connectivity index (χ0v) is 12.7. The predicted molar refractivity (Wildman–Crippen MR) is 84.2 cm³/mol. The van der Waals surface area contributed by atoms with Gasteiger partial charge in [-0.05, 0) is 36.5 Å². The van der Waals surface area contributed by atoms with Gasteiger partial charge in [-0.1, -0.05) is 12.1 Å². The fourth-order valence-electron chi connectivity index (χ4n) is 3.45. The zero-order valence-electron chi connectivity index (χ0n) is 12.7. The fraction of sp³-hybridized carbons (Fsp3) is 0.412. The van der Waals surface area contributed by atoms with Crippen molar-refractivity contribution < 1.29 is 9.13 Å². The maximum atomic E-state index is 13.2. The van der Waals surface area contributed by atoms with Crippen LogP contribution in [0.5, 0.6) is 5.88 Å². The van der Waals surface area contributed by atoms with E-state index in [1.165, 1.54) is 18.6 Å². The first-order chi connectivity index (χ1) is 11.2. The molecule has 2 bridgehead atoms. The smallest absolute Gasteiger partial charge is 0.352 e. The SMILES string of the molecule is O=c1nc(OCc2cccc(F)c2)cc2n1CC1CCCN2C1. The molecule has 1 unspecified atom stereocenters. The highest BCUT2D eigenvalue weighted by Crippen LogP contribution is 2.30. The van der Waals surface area contributed by atoms with Crippen LogP contribution >= 0.6 is 0 Å². The zero-order chi connectivity index (χ0) is 15.8. The Balaban J connectivity index is 1.58. The first-order valence-electron chi connectivity index (χ1n) is 7.93. The first-order valence-corrected chi connectivity index (χ1v) is 7.93. The van der Waals surface area contributed by atoms with E-state index in [1.807, 2.05) is 6.07 Å². The van der Waals surface area contributed by atoms with E-state index in [4.69, 9.17) is 4.74 Å². The normalized spacial score (nSPS) is 19.3. The van der Waals surface area contributed by atoms with Gasteiger partial charge in [-0.25, -0.2) is 9.18 Å². The minimum Gasteiger partial charge on any atom is -0.473 e. The summed E-state index contributed by atoms with van der Waals surface area (Å²) >= 11 is 0. The number of fused-ring (bicyclic) bond motifs is 4. The Morgan fingerprint density at radius 3 is 3.09 bits per heavy atom. The molecule has 0 spiro atoms. The summed E-state index contributed by atoms with van der Waals surface area (Å²) in [6.45, 7) is 2.88. The van der Waals surface area contributed by atoms with Gasteiger partial charge in [0.05, 0.1) is 0 Å². The Bertz CT molecular complexity index is 790. The molecule has 5 nitrogen and oxygen atoms in total. The number of aromatic nitrogens is 2. The Kier molecular flexibility index (Phi) is 3.52. The molecule has 1 fully saturated rings. The lowest BCUT2D eigenvalue weighted by Crippen LogP contribution is -2.46. The largest absolute Gasteiger partial charge is 0.473 e. The van der Waals surface area contributed by atoms with Gasteiger partial charge in [0.2, 0.25) is 5.88 Å². The minimum atomic E-state index is -0.302. The molecule has 4 rings (SSSR count). The van der Waals surface area contributed by atoms with Crippen LogP contribution in [0, 0.1) is 11.7 Å². The average molecular weight is 315 g/mol. The number of ether oxygens (including phenoxy) is 1. The number of benzene rings is 1. The van der Waals surface area contributed by atoms with Crippen molar-refractivity contribution in [2.75, 3.05) is 18.0 Å². The Hall–Kier alpha value is -2.37. The van der Waals surface area contributed by atoms with E-state index >= 15 is 0 Å². The van der Waals surface area contributed by atoms with Gasteiger partial charge in [0.15, 0.2) is 0 Å². The maximum absolute atomic E-state index is 13.2. The molecule has 2 aliphatic rings. The molecule has 2 aromatic rings. The molecular weight excluding hydrogens is 297 g/mol. The molecule has 6 heteroatoms. The molecule has 0 radical (unpaired) electrons. The molecule has 120 valence electrons. The molecule has 1 aromatic carbocycles. The van der Waals surface area contributed by atoms with E-state index in [2.05, 4.69) is 9.88 Å². The van der Waals surface area contributed by atoms with Gasteiger partial charge >= 0.3 is 5.69 Å². The molecule has 0 N–H and O–H groups in total. The first kappa shape index (κ1) is 14.2. The van der Waals surface area contributed by atoms with Crippen molar-refractivity contribution in [1.82, 2.24) is 9.55 Å². The van der Waals surface area contributed by atoms with Crippen molar-refractivity contribution in [1.29, 1.82) is 0 Å². The van der Waals surface area contributed by atoms with Crippen LogP contribution < -0.4 is 15.3 Å². The summed E-state index contributed by atoms with van der Waals surface area (Å²) in [4.78, 5) is 18.5. The van der Waals surface area contributed by atoms with Crippen LogP contribution in [-0.2, 0) is 13.2 Å². The molecule has 3 heterocycles. The summed E-state index contributed by atoms with van der Waals surface area (Å²) in [5, 5.41) is 0. The molecule has 1 atom stereocenters. The van der Waals surface area contributed by atoms with Crippen molar-refractivity contribution in [2.45, 2.75) is 26.0 Å². The van der Waals surface area contributed by atoms with E-state index in [0.717, 1.165) is 31.9 Å². The molecule has 0 saturated carbocycles. The second kappa shape index (κ2) is 5.68. The highest BCUT2D eigenvalue weighted by Gasteiger charge is 2.29. The van der Waals surface area contributed by atoms with Crippen molar-refractivity contribution in [3.05, 3.63) is 52.2 Å². The van der Waals surface area contributed by atoms with Gasteiger partial charge < -0.3 is 9.64 Å². The number of halogens is 1. The van der Waals surface area contributed by atoms with E-state index < -0.39 is 0 Å². The molecule has 23 heavy (non-hydrogen) atoms. The van der Waals surface area contributed by atoms with Gasteiger partial charge in [-0.2, -0.15) is 4.98 Å². The molecule has 0 aliphatic carbocycles. The quantitative estimate of drug-likeness (QED) is 0.871. The third kappa shape index (κ3) is 2.81. The summed E-state index contributed by atoms with van der Waals surface area (Å²) in [6.07, 6.45) is 2.32. The van der Waals surface area contributed by atoms with Crippen LogP contribution in [0.15, 0.2) is 35.1 Å². The number of hydrogen-bond acceptors (Lipinski definition) is 4. The van der Waals surface area contributed by atoms with Gasteiger partial charge in [0, 0.05) is 25.7 Å². The molecular formula is C17H18FN3O2.